The van der Waals surface area contributed by atoms with Crippen LogP contribution in [-0.2, 0) is 20.7 Å². The third kappa shape index (κ3) is 9.29. The Labute approximate surface area is 219 Å². The standard InChI is InChI=1S/C29H39N3O5/c1-8-17-32(25(26(34)30-19(2)3)22-13-9-20(4)10-14-22)27(35)24(31-28(36)37-29(5,6)7)18-21-11-15-23(33)16-12-21/h8-16,19,24-25,33H,1,17-18H2,2-7H3,(H,30,34)(H,31,36). The van der Waals surface area contributed by atoms with Gasteiger partial charge in [-0.2, -0.15) is 0 Å². The van der Waals surface area contributed by atoms with Gasteiger partial charge < -0.3 is 25.4 Å². The van der Waals surface area contributed by atoms with Crippen molar-refractivity contribution in [2.24, 2.45) is 0 Å². The van der Waals surface area contributed by atoms with Gasteiger partial charge in [-0.15, -0.1) is 6.58 Å². The first-order chi connectivity index (χ1) is 17.3. The van der Waals surface area contributed by atoms with Crippen LogP contribution in [0.1, 0.15) is 57.4 Å². The first kappa shape index (κ1) is 29.4. The van der Waals surface area contributed by atoms with Gasteiger partial charge in [0.2, 0.25) is 11.8 Å². The summed E-state index contributed by atoms with van der Waals surface area (Å²) >= 11 is 0. The van der Waals surface area contributed by atoms with E-state index < -0.39 is 29.7 Å². The van der Waals surface area contributed by atoms with Crippen molar-refractivity contribution >= 4 is 17.9 Å². The lowest BCUT2D eigenvalue weighted by atomic mass is 9.99. The van der Waals surface area contributed by atoms with Gasteiger partial charge in [-0.25, -0.2) is 4.79 Å². The molecule has 0 fully saturated rings. The summed E-state index contributed by atoms with van der Waals surface area (Å²) in [5, 5.41) is 15.3. The fraction of sp³-hybridized carbons (Fsp3) is 0.414. The Hall–Kier alpha value is -3.81. The van der Waals surface area contributed by atoms with Crippen LogP contribution in [0.4, 0.5) is 4.79 Å². The summed E-state index contributed by atoms with van der Waals surface area (Å²) in [5.41, 5.74) is 1.60. The van der Waals surface area contributed by atoms with Gasteiger partial charge in [-0.3, -0.25) is 9.59 Å². The van der Waals surface area contributed by atoms with Crippen LogP contribution in [0.15, 0.2) is 61.2 Å². The number of benzene rings is 2. The molecule has 8 nitrogen and oxygen atoms in total. The third-order valence-corrected chi connectivity index (χ3v) is 5.36. The van der Waals surface area contributed by atoms with Crippen LogP contribution in [0.5, 0.6) is 5.75 Å². The minimum absolute atomic E-state index is 0.0744. The van der Waals surface area contributed by atoms with E-state index in [4.69, 9.17) is 4.74 Å². The number of aryl methyl sites for hydroxylation is 1. The molecule has 0 saturated heterocycles. The van der Waals surface area contributed by atoms with Crippen LogP contribution in [0.2, 0.25) is 0 Å². The molecule has 200 valence electrons. The van der Waals surface area contributed by atoms with Crippen molar-refractivity contribution in [3.05, 3.63) is 77.9 Å². The normalized spacial score (nSPS) is 12.8. The summed E-state index contributed by atoms with van der Waals surface area (Å²) in [6.45, 7) is 14.7. The van der Waals surface area contributed by atoms with E-state index in [2.05, 4.69) is 17.2 Å². The summed E-state index contributed by atoms with van der Waals surface area (Å²) < 4.78 is 5.41. The molecule has 3 N–H and O–H groups in total. The second kappa shape index (κ2) is 12.9. The zero-order valence-electron chi connectivity index (χ0n) is 22.6. The number of rotatable bonds is 10. The van der Waals surface area contributed by atoms with Gasteiger partial charge in [0.15, 0.2) is 0 Å². The third-order valence-electron chi connectivity index (χ3n) is 5.36. The fourth-order valence-corrected chi connectivity index (χ4v) is 3.76. The molecule has 0 aliphatic rings. The van der Waals surface area contributed by atoms with Gasteiger partial charge in [0.25, 0.3) is 0 Å². The Bertz CT molecular complexity index is 1070. The van der Waals surface area contributed by atoms with Gasteiger partial charge in [0, 0.05) is 19.0 Å². The molecule has 2 aromatic carbocycles. The summed E-state index contributed by atoms with van der Waals surface area (Å²) in [4.78, 5) is 41.6. The van der Waals surface area contributed by atoms with E-state index in [-0.39, 0.29) is 30.7 Å². The Morgan fingerprint density at radius 2 is 1.62 bits per heavy atom. The van der Waals surface area contributed by atoms with E-state index in [1.807, 2.05) is 45.0 Å². The quantitative estimate of drug-likeness (QED) is 0.411. The molecule has 0 aromatic heterocycles. The summed E-state index contributed by atoms with van der Waals surface area (Å²) in [6, 6.07) is 11.6. The van der Waals surface area contributed by atoms with Gasteiger partial charge in [-0.1, -0.05) is 48.0 Å². The molecule has 2 aromatic rings. The summed E-state index contributed by atoms with van der Waals surface area (Å²) in [6.07, 6.45) is 0.923. The highest BCUT2D eigenvalue weighted by molar-refractivity contribution is 5.92. The van der Waals surface area contributed by atoms with E-state index in [1.54, 1.807) is 39.0 Å². The van der Waals surface area contributed by atoms with Crippen LogP contribution in [-0.4, -0.2) is 52.1 Å². The SMILES string of the molecule is C=CCN(C(=O)C(Cc1ccc(O)cc1)NC(=O)OC(C)(C)C)C(C(=O)NC(C)C)c1ccc(C)cc1. The zero-order valence-corrected chi connectivity index (χ0v) is 22.6. The second-order valence-corrected chi connectivity index (χ2v) is 10.3. The predicted octanol–water partition coefficient (Wildman–Crippen LogP) is 4.42. The van der Waals surface area contributed by atoms with Gasteiger partial charge in [0.1, 0.15) is 23.4 Å². The van der Waals surface area contributed by atoms with Gasteiger partial charge >= 0.3 is 6.09 Å². The highest BCUT2D eigenvalue weighted by atomic mass is 16.6. The number of carbonyl (C=O) groups is 3. The minimum Gasteiger partial charge on any atom is -0.508 e. The van der Waals surface area contributed by atoms with Gasteiger partial charge in [0.05, 0.1) is 0 Å². The van der Waals surface area contributed by atoms with E-state index in [0.29, 0.717) is 11.1 Å². The largest absolute Gasteiger partial charge is 0.508 e. The average Bonchev–Trinajstić information content (AvgIpc) is 2.78. The molecule has 0 aliphatic heterocycles. The Morgan fingerprint density at radius 1 is 1.03 bits per heavy atom. The number of nitrogens with one attached hydrogen (secondary N) is 2. The smallest absolute Gasteiger partial charge is 0.408 e. The molecule has 2 atom stereocenters. The molecule has 0 aliphatic carbocycles. The number of ether oxygens (including phenoxy) is 1. The lowest BCUT2D eigenvalue weighted by Crippen LogP contribution is -2.54. The Morgan fingerprint density at radius 3 is 2.14 bits per heavy atom. The minimum atomic E-state index is -1.04. The molecule has 2 rings (SSSR count). The molecule has 37 heavy (non-hydrogen) atoms. The topological polar surface area (TPSA) is 108 Å². The molecular formula is C29H39N3O5. The van der Waals surface area contributed by atoms with Crippen LogP contribution < -0.4 is 10.6 Å². The lowest BCUT2D eigenvalue weighted by molar-refractivity contribution is -0.142. The number of hydrogen-bond donors (Lipinski definition) is 3. The maximum Gasteiger partial charge on any atom is 0.408 e. The van der Waals surface area contributed by atoms with Crippen LogP contribution in [0, 0.1) is 6.92 Å². The predicted molar refractivity (Wildman–Crippen MR) is 144 cm³/mol. The van der Waals surface area contributed by atoms with Crippen LogP contribution >= 0.6 is 0 Å². The second-order valence-electron chi connectivity index (χ2n) is 10.3. The first-order valence-corrected chi connectivity index (χ1v) is 12.4. The van der Waals surface area contributed by atoms with Crippen molar-refractivity contribution in [2.45, 2.75) is 71.7 Å². The number of phenols is 1. The molecular weight excluding hydrogens is 470 g/mol. The fourth-order valence-electron chi connectivity index (χ4n) is 3.76. The van der Waals surface area contributed by atoms with E-state index in [9.17, 15) is 19.5 Å². The van der Waals surface area contributed by atoms with E-state index >= 15 is 0 Å². The highest BCUT2D eigenvalue weighted by Gasteiger charge is 2.36. The van der Waals surface area contributed by atoms with Crippen molar-refractivity contribution in [1.29, 1.82) is 0 Å². The van der Waals surface area contributed by atoms with Crippen molar-refractivity contribution in [3.8, 4) is 5.75 Å². The van der Waals surface area contributed by atoms with E-state index in [0.717, 1.165) is 5.56 Å². The molecule has 0 spiro atoms. The van der Waals surface area contributed by atoms with E-state index in [1.165, 1.54) is 17.0 Å². The van der Waals surface area contributed by atoms with Crippen molar-refractivity contribution < 1.29 is 24.2 Å². The van der Waals surface area contributed by atoms with Crippen LogP contribution in [0.25, 0.3) is 0 Å². The maximum absolute atomic E-state index is 14.1. The number of amides is 3. The molecule has 0 bridgehead atoms. The highest BCUT2D eigenvalue weighted by Crippen LogP contribution is 2.24. The number of nitrogens with zero attached hydrogens (tertiary/aromatic N) is 1. The number of phenolic OH excluding ortho intramolecular Hbond substituents is 1. The zero-order chi connectivity index (χ0) is 27.8. The molecule has 2 unspecified atom stereocenters. The Balaban J connectivity index is 2.51. The molecule has 0 saturated carbocycles. The maximum atomic E-state index is 14.1. The molecule has 0 radical (unpaired) electrons. The molecule has 3 amide bonds. The summed E-state index contributed by atoms with van der Waals surface area (Å²) in [5.74, 6) is -0.720. The average molecular weight is 510 g/mol. The van der Waals surface area contributed by atoms with Crippen LogP contribution in [0.3, 0.4) is 0 Å². The summed E-state index contributed by atoms with van der Waals surface area (Å²) in [7, 11) is 0. The Kier molecular flexibility index (Phi) is 10.3. The van der Waals surface area contributed by atoms with Crippen molar-refractivity contribution in [2.75, 3.05) is 6.54 Å². The van der Waals surface area contributed by atoms with Crippen molar-refractivity contribution in [3.63, 3.8) is 0 Å². The number of aromatic hydroxyl groups is 1. The van der Waals surface area contributed by atoms with Crippen molar-refractivity contribution in [1.82, 2.24) is 15.5 Å². The lowest BCUT2D eigenvalue weighted by Gasteiger charge is -2.34. The monoisotopic (exact) mass is 509 g/mol. The molecule has 0 heterocycles. The number of hydrogen-bond acceptors (Lipinski definition) is 5. The first-order valence-electron chi connectivity index (χ1n) is 12.4. The number of carbonyl (C=O) groups excluding carboxylic acids is 3. The number of alkyl carbamates (subject to hydrolysis) is 1. The molecule has 8 heteroatoms. The van der Waals surface area contributed by atoms with Gasteiger partial charge in [-0.05, 0) is 64.8 Å².